The van der Waals surface area contributed by atoms with Crippen LogP contribution in [0.2, 0.25) is 0 Å². The van der Waals surface area contributed by atoms with Gasteiger partial charge in [-0.05, 0) is 51.4 Å². The first-order valence-electron chi connectivity index (χ1n) is 7.36. The average molecular weight is 264 g/mol. The molecule has 0 spiro atoms. The summed E-state index contributed by atoms with van der Waals surface area (Å²) in [7, 11) is 0. The van der Waals surface area contributed by atoms with Crippen LogP contribution in [0.1, 0.15) is 62.0 Å². The van der Waals surface area contributed by atoms with Gasteiger partial charge >= 0.3 is 0 Å². The van der Waals surface area contributed by atoms with Gasteiger partial charge in [0.25, 0.3) is 0 Å². The quantitative estimate of drug-likeness (QED) is 0.898. The van der Waals surface area contributed by atoms with Crippen LogP contribution in [0.5, 0.6) is 0 Å². The SMILES string of the molecule is CC(C)C(C)(NC1CC1)c1nc2c(s1)CCCC2. The number of thiazole rings is 1. The highest BCUT2D eigenvalue weighted by molar-refractivity contribution is 7.11. The molecule has 100 valence electrons. The number of hydrogen-bond donors (Lipinski definition) is 1. The van der Waals surface area contributed by atoms with Crippen molar-refractivity contribution >= 4 is 11.3 Å². The van der Waals surface area contributed by atoms with Crippen LogP contribution in [0.4, 0.5) is 0 Å². The molecule has 2 aliphatic rings. The third kappa shape index (κ3) is 2.23. The van der Waals surface area contributed by atoms with Gasteiger partial charge in [0.05, 0.1) is 11.2 Å². The van der Waals surface area contributed by atoms with Crippen LogP contribution in [0.15, 0.2) is 0 Å². The van der Waals surface area contributed by atoms with E-state index in [2.05, 4.69) is 26.1 Å². The molecule has 1 N–H and O–H groups in total. The second-order valence-corrected chi connectivity index (χ2v) is 7.46. The second kappa shape index (κ2) is 4.61. The van der Waals surface area contributed by atoms with Gasteiger partial charge in [-0.3, -0.25) is 0 Å². The molecule has 1 unspecified atom stereocenters. The highest BCUT2D eigenvalue weighted by Crippen LogP contribution is 2.38. The van der Waals surface area contributed by atoms with Crippen molar-refractivity contribution in [3.63, 3.8) is 0 Å². The van der Waals surface area contributed by atoms with E-state index < -0.39 is 0 Å². The van der Waals surface area contributed by atoms with E-state index in [1.807, 2.05) is 11.3 Å². The minimum Gasteiger partial charge on any atom is -0.303 e. The minimum atomic E-state index is 0.0726. The topological polar surface area (TPSA) is 24.9 Å². The molecule has 0 radical (unpaired) electrons. The molecule has 0 aromatic carbocycles. The van der Waals surface area contributed by atoms with Crippen LogP contribution < -0.4 is 5.32 Å². The Balaban J connectivity index is 1.91. The first kappa shape index (κ1) is 12.6. The fraction of sp³-hybridized carbons (Fsp3) is 0.800. The largest absolute Gasteiger partial charge is 0.303 e. The Bertz CT molecular complexity index is 410. The average Bonchev–Trinajstić information content (AvgIpc) is 3.04. The highest BCUT2D eigenvalue weighted by Gasteiger charge is 2.39. The Hall–Kier alpha value is -0.410. The Morgan fingerprint density at radius 1 is 1.28 bits per heavy atom. The zero-order chi connectivity index (χ0) is 12.8. The maximum atomic E-state index is 4.98. The van der Waals surface area contributed by atoms with Gasteiger partial charge in [0.2, 0.25) is 0 Å². The van der Waals surface area contributed by atoms with Crippen LogP contribution in [-0.2, 0) is 18.4 Å². The third-order valence-electron chi connectivity index (χ3n) is 4.53. The molecule has 2 nitrogen and oxygen atoms in total. The molecular formula is C15H24N2S. The smallest absolute Gasteiger partial charge is 0.113 e. The number of aromatic nitrogens is 1. The summed E-state index contributed by atoms with van der Waals surface area (Å²) >= 11 is 1.97. The summed E-state index contributed by atoms with van der Waals surface area (Å²) in [6.07, 6.45) is 7.81. The van der Waals surface area contributed by atoms with E-state index >= 15 is 0 Å². The van der Waals surface area contributed by atoms with Gasteiger partial charge in [0.15, 0.2) is 0 Å². The Kier molecular flexibility index (Phi) is 3.23. The van der Waals surface area contributed by atoms with Gasteiger partial charge in [-0.2, -0.15) is 0 Å². The molecule has 0 amide bonds. The van der Waals surface area contributed by atoms with Crippen molar-refractivity contribution in [2.24, 2.45) is 5.92 Å². The van der Waals surface area contributed by atoms with Crippen molar-refractivity contribution < 1.29 is 0 Å². The lowest BCUT2D eigenvalue weighted by Gasteiger charge is -2.33. The van der Waals surface area contributed by atoms with Crippen LogP contribution in [0, 0.1) is 5.92 Å². The first-order chi connectivity index (χ1) is 8.59. The fourth-order valence-corrected chi connectivity index (χ4v) is 4.11. The van der Waals surface area contributed by atoms with Crippen molar-refractivity contribution in [2.45, 2.75) is 70.9 Å². The fourth-order valence-electron chi connectivity index (χ4n) is 2.70. The summed E-state index contributed by atoms with van der Waals surface area (Å²) in [5.41, 5.74) is 1.47. The van der Waals surface area contributed by atoms with E-state index in [1.165, 1.54) is 49.2 Å². The number of aryl methyl sites for hydroxylation is 2. The Labute approximate surface area is 114 Å². The number of nitrogens with one attached hydrogen (secondary N) is 1. The molecule has 1 aromatic heterocycles. The van der Waals surface area contributed by atoms with Gasteiger partial charge in [-0.15, -0.1) is 11.3 Å². The van der Waals surface area contributed by atoms with E-state index in [4.69, 9.17) is 4.98 Å². The lowest BCUT2D eigenvalue weighted by Crippen LogP contribution is -2.45. The maximum Gasteiger partial charge on any atom is 0.113 e. The van der Waals surface area contributed by atoms with Crippen LogP contribution in [0.3, 0.4) is 0 Å². The lowest BCUT2D eigenvalue weighted by atomic mass is 9.88. The lowest BCUT2D eigenvalue weighted by molar-refractivity contribution is 0.261. The monoisotopic (exact) mass is 264 g/mol. The summed E-state index contributed by atoms with van der Waals surface area (Å²) in [5, 5.41) is 5.17. The van der Waals surface area contributed by atoms with Gasteiger partial charge in [0, 0.05) is 10.9 Å². The summed E-state index contributed by atoms with van der Waals surface area (Å²) in [6, 6.07) is 0.735. The van der Waals surface area contributed by atoms with Gasteiger partial charge in [-0.25, -0.2) is 4.98 Å². The van der Waals surface area contributed by atoms with Gasteiger partial charge in [0.1, 0.15) is 5.01 Å². The van der Waals surface area contributed by atoms with E-state index in [-0.39, 0.29) is 5.54 Å². The van der Waals surface area contributed by atoms with Gasteiger partial charge in [-0.1, -0.05) is 13.8 Å². The third-order valence-corrected chi connectivity index (χ3v) is 5.92. The standard InChI is InChI=1S/C15H24N2S/c1-10(2)15(3,17-11-8-9-11)14-16-12-6-4-5-7-13(12)18-14/h10-11,17H,4-9H2,1-3H3. The molecule has 1 saturated carbocycles. The van der Waals surface area contributed by atoms with E-state index in [0.29, 0.717) is 5.92 Å². The first-order valence-corrected chi connectivity index (χ1v) is 8.18. The number of rotatable bonds is 4. The van der Waals surface area contributed by atoms with Crippen LogP contribution >= 0.6 is 11.3 Å². The minimum absolute atomic E-state index is 0.0726. The van der Waals surface area contributed by atoms with E-state index in [9.17, 15) is 0 Å². The highest BCUT2D eigenvalue weighted by atomic mass is 32.1. The zero-order valence-electron chi connectivity index (χ0n) is 11.8. The van der Waals surface area contributed by atoms with Crippen LogP contribution in [0.25, 0.3) is 0 Å². The summed E-state index contributed by atoms with van der Waals surface area (Å²) in [6.45, 7) is 6.98. The van der Waals surface area contributed by atoms with Crippen molar-refractivity contribution in [1.82, 2.24) is 10.3 Å². The normalized spacial score (nSPS) is 22.9. The van der Waals surface area contributed by atoms with Crippen LogP contribution in [-0.4, -0.2) is 11.0 Å². The molecule has 1 aromatic rings. The molecule has 0 aliphatic heterocycles. The molecule has 1 heterocycles. The molecule has 3 rings (SSSR count). The predicted molar refractivity (Wildman–Crippen MR) is 77.1 cm³/mol. The van der Waals surface area contributed by atoms with E-state index in [1.54, 1.807) is 4.88 Å². The van der Waals surface area contributed by atoms with Crippen molar-refractivity contribution in [3.8, 4) is 0 Å². The molecule has 3 heteroatoms. The molecule has 1 fully saturated rings. The molecule has 0 bridgehead atoms. The van der Waals surface area contributed by atoms with Crippen molar-refractivity contribution in [3.05, 3.63) is 15.6 Å². The summed E-state index contributed by atoms with van der Waals surface area (Å²) in [4.78, 5) is 6.54. The number of fused-ring (bicyclic) bond motifs is 1. The Morgan fingerprint density at radius 2 is 2.00 bits per heavy atom. The Morgan fingerprint density at radius 3 is 2.61 bits per heavy atom. The predicted octanol–water partition coefficient (Wildman–Crippen LogP) is 3.65. The molecule has 2 aliphatic carbocycles. The zero-order valence-corrected chi connectivity index (χ0v) is 12.6. The van der Waals surface area contributed by atoms with Gasteiger partial charge < -0.3 is 5.32 Å². The number of hydrogen-bond acceptors (Lipinski definition) is 3. The molecule has 18 heavy (non-hydrogen) atoms. The molecular weight excluding hydrogens is 240 g/mol. The second-order valence-electron chi connectivity index (χ2n) is 6.37. The van der Waals surface area contributed by atoms with E-state index in [0.717, 1.165) is 6.04 Å². The van der Waals surface area contributed by atoms with Crippen molar-refractivity contribution in [1.29, 1.82) is 0 Å². The summed E-state index contributed by atoms with van der Waals surface area (Å²) < 4.78 is 0. The molecule has 0 saturated heterocycles. The summed E-state index contributed by atoms with van der Waals surface area (Å²) in [5.74, 6) is 0.589. The number of nitrogens with zero attached hydrogens (tertiary/aromatic N) is 1. The maximum absolute atomic E-state index is 4.98. The molecule has 1 atom stereocenters. The van der Waals surface area contributed by atoms with Crippen molar-refractivity contribution in [2.75, 3.05) is 0 Å².